The van der Waals surface area contributed by atoms with Gasteiger partial charge in [0.15, 0.2) is 12.4 Å². The molecule has 8 heteroatoms. The van der Waals surface area contributed by atoms with Gasteiger partial charge < -0.3 is 26.8 Å². The summed E-state index contributed by atoms with van der Waals surface area (Å²) in [6.45, 7) is 13.3. The van der Waals surface area contributed by atoms with E-state index < -0.39 is 11.2 Å². The van der Waals surface area contributed by atoms with Crippen molar-refractivity contribution in [3.63, 3.8) is 0 Å². The molecule has 0 saturated carbocycles. The van der Waals surface area contributed by atoms with Crippen LogP contribution in [-0.4, -0.2) is 46.2 Å². The predicted octanol–water partition coefficient (Wildman–Crippen LogP) is 9.71. The van der Waals surface area contributed by atoms with E-state index in [1.165, 1.54) is 152 Å². The summed E-state index contributed by atoms with van der Waals surface area (Å²) in [5, 5.41) is 0. The number of rotatable bonds is 31. The lowest BCUT2D eigenvalue weighted by Crippen LogP contribution is -3.00. The minimum Gasteiger partial charge on any atom is -1.00 e. The van der Waals surface area contributed by atoms with Crippen LogP contribution < -0.4 is 17.0 Å². The molecule has 2 heterocycles. The van der Waals surface area contributed by atoms with E-state index in [0.717, 1.165) is 19.4 Å². The van der Waals surface area contributed by atoms with E-state index in [1.807, 2.05) is 60.0 Å². The van der Waals surface area contributed by atoms with Crippen LogP contribution in [0.1, 0.15) is 200 Å². The maximum atomic E-state index is 12.8. The molecule has 1 amide bonds. The van der Waals surface area contributed by atoms with E-state index in [4.69, 9.17) is 9.47 Å². The molecule has 7 nitrogen and oxygen atoms in total. The Morgan fingerprint density at radius 2 is 1.05 bits per heavy atom. The molecular formula is C48H82ClN3O4. The number of unbranched alkanes of at least 4 members (excludes halogenated alkanes) is 20. The van der Waals surface area contributed by atoms with E-state index in [-0.39, 0.29) is 30.9 Å². The van der Waals surface area contributed by atoms with Gasteiger partial charge in [0, 0.05) is 43.5 Å². The van der Waals surface area contributed by atoms with Crippen LogP contribution >= 0.6 is 0 Å². The minimum absolute atomic E-state index is 0. The summed E-state index contributed by atoms with van der Waals surface area (Å²) in [5.74, 6) is -0.284. The zero-order valence-corrected chi connectivity index (χ0v) is 37.5. The number of halogens is 1. The van der Waals surface area contributed by atoms with E-state index in [2.05, 4.69) is 40.1 Å². The Kier molecular flexibility index (Phi) is 28.7. The van der Waals surface area contributed by atoms with E-state index in [1.54, 1.807) is 4.90 Å². The standard InChI is InChI=1S/C48H82N3O4.ClH/c1-47(2,3)54-45(52)35-40-51(46(53)55-48(4,5)6)39-28-24-20-16-12-8-10-14-18-22-26-32-44-34-30-38-50(42-44)37-27-23-19-15-11-7-9-13-17-21-25-31-43-33-29-36-49-41-43;/h29-30,33-34,36,38,41-42H,7-28,31-32,35,37,39-40H2,1-6H3;1H/q+1;/p-1. The number of amides is 1. The number of ether oxygens (including phenoxy) is 2. The van der Waals surface area contributed by atoms with Gasteiger partial charge in [0.05, 0.1) is 6.42 Å². The molecule has 0 N–H and O–H groups in total. The summed E-state index contributed by atoms with van der Waals surface area (Å²) in [4.78, 5) is 30.9. The van der Waals surface area contributed by atoms with Crippen molar-refractivity contribution in [2.45, 2.75) is 220 Å². The molecule has 0 aliphatic heterocycles. The van der Waals surface area contributed by atoms with E-state index >= 15 is 0 Å². The summed E-state index contributed by atoms with van der Waals surface area (Å²) in [7, 11) is 0. The molecule has 0 bridgehead atoms. The minimum atomic E-state index is -0.561. The zero-order chi connectivity index (χ0) is 40.0. The van der Waals surface area contributed by atoms with Gasteiger partial charge in [-0.1, -0.05) is 115 Å². The maximum Gasteiger partial charge on any atom is 0.410 e. The van der Waals surface area contributed by atoms with Crippen LogP contribution in [0.3, 0.4) is 0 Å². The van der Waals surface area contributed by atoms with Crippen molar-refractivity contribution in [3.8, 4) is 0 Å². The smallest absolute Gasteiger partial charge is 0.410 e. The number of esters is 1. The average Bonchev–Trinajstić information content (AvgIpc) is 3.12. The van der Waals surface area contributed by atoms with Crippen LogP contribution in [0.5, 0.6) is 0 Å². The van der Waals surface area contributed by atoms with Crippen LogP contribution in [0.2, 0.25) is 0 Å². The highest BCUT2D eigenvalue weighted by atomic mass is 35.5. The summed E-state index contributed by atoms with van der Waals surface area (Å²) < 4.78 is 13.4. The van der Waals surface area contributed by atoms with Gasteiger partial charge in [-0.2, -0.15) is 0 Å². The van der Waals surface area contributed by atoms with Crippen molar-refractivity contribution in [1.29, 1.82) is 0 Å². The number of pyridine rings is 2. The van der Waals surface area contributed by atoms with E-state index in [9.17, 15) is 9.59 Å². The van der Waals surface area contributed by atoms with Crippen molar-refractivity contribution >= 4 is 12.1 Å². The second-order valence-corrected chi connectivity index (χ2v) is 17.9. The highest BCUT2D eigenvalue weighted by Gasteiger charge is 2.24. The molecule has 2 aromatic heterocycles. The first kappa shape index (κ1) is 51.3. The second kappa shape index (κ2) is 31.3. The van der Waals surface area contributed by atoms with Crippen molar-refractivity contribution in [3.05, 3.63) is 60.2 Å². The van der Waals surface area contributed by atoms with Crippen LogP contribution in [0, 0.1) is 0 Å². The Hall–Kier alpha value is -2.67. The monoisotopic (exact) mass is 800 g/mol. The van der Waals surface area contributed by atoms with Crippen LogP contribution in [0.15, 0.2) is 49.1 Å². The first-order valence-corrected chi connectivity index (χ1v) is 22.5. The molecule has 0 aromatic carbocycles. The van der Waals surface area contributed by atoms with Gasteiger partial charge in [0.2, 0.25) is 0 Å². The summed E-state index contributed by atoms with van der Waals surface area (Å²) >= 11 is 0. The summed E-state index contributed by atoms with van der Waals surface area (Å²) in [6.07, 6.45) is 39.4. The highest BCUT2D eigenvalue weighted by molar-refractivity contribution is 5.72. The quantitative estimate of drug-likeness (QED) is 0.0432. The average molecular weight is 801 g/mol. The van der Waals surface area contributed by atoms with Crippen molar-refractivity contribution in [2.75, 3.05) is 13.1 Å². The fourth-order valence-electron chi connectivity index (χ4n) is 7.09. The topological polar surface area (TPSA) is 72.6 Å². The first-order chi connectivity index (χ1) is 26.4. The molecule has 0 radical (unpaired) electrons. The second-order valence-electron chi connectivity index (χ2n) is 17.9. The van der Waals surface area contributed by atoms with Gasteiger partial charge in [0.1, 0.15) is 17.7 Å². The Balaban J connectivity index is 0.0000157. The summed E-state index contributed by atoms with van der Waals surface area (Å²) in [6, 6.07) is 8.77. The number of hydrogen-bond donors (Lipinski definition) is 0. The number of aryl methyl sites for hydroxylation is 3. The fraction of sp³-hybridized carbons (Fsp3) is 0.750. The zero-order valence-electron chi connectivity index (χ0n) is 36.8. The van der Waals surface area contributed by atoms with Gasteiger partial charge in [-0.05, 0) is 97.8 Å². The Morgan fingerprint density at radius 1 is 0.589 bits per heavy atom. The normalized spacial score (nSPS) is 11.6. The number of aromatic nitrogens is 2. The number of hydrogen-bond acceptors (Lipinski definition) is 5. The molecule has 0 aliphatic rings. The lowest BCUT2D eigenvalue weighted by Gasteiger charge is -2.28. The van der Waals surface area contributed by atoms with Crippen molar-refractivity contribution in [1.82, 2.24) is 9.88 Å². The molecule has 0 atom stereocenters. The highest BCUT2D eigenvalue weighted by Crippen LogP contribution is 2.17. The Morgan fingerprint density at radius 3 is 1.55 bits per heavy atom. The SMILES string of the molecule is CC(C)(C)OC(=O)CCN(CCCCCCCCCCCCCc1ccc[n+](CCCCCCCCCCCCCc2cccnc2)c1)C(=O)OC(C)(C)C.[Cl-]. The van der Waals surface area contributed by atoms with Gasteiger partial charge in [-0.15, -0.1) is 0 Å². The van der Waals surface area contributed by atoms with Crippen LogP contribution in [0.25, 0.3) is 0 Å². The Labute approximate surface area is 349 Å². The number of nitrogens with zero attached hydrogens (tertiary/aromatic N) is 3. The van der Waals surface area contributed by atoms with Crippen molar-refractivity contribution < 1.29 is 36.0 Å². The Bertz CT molecular complexity index is 1260. The van der Waals surface area contributed by atoms with Gasteiger partial charge in [-0.3, -0.25) is 9.78 Å². The molecule has 0 unspecified atom stereocenters. The molecule has 320 valence electrons. The molecule has 2 rings (SSSR count). The molecule has 56 heavy (non-hydrogen) atoms. The van der Waals surface area contributed by atoms with E-state index in [0.29, 0.717) is 13.1 Å². The van der Waals surface area contributed by atoms with Crippen LogP contribution in [0.4, 0.5) is 4.79 Å². The molecule has 0 saturated heterocycles. The third-order valence-electron chi connectivity index (χ3n) is 10.1. The molecule has 0 spiro atoms. The number of carbonyl (C=O) groups is 2. The maximum absolute atomic E-state index is 12.8. The molecule has 2 aromatic rings. The number of carbonyl (C=O) groups excluding carboxylic acids is 2. The van der Waals surface area contributed by atoms with Gasteiger partial charge in [-0.25, -0.2) is 9.36 Å². The molecule has 0 aliphatic carbocycles. The molecular weight excluding hydrogens is 718 g/mol. The first-order valence-electron chi connectivity index (χ1n) is 22.5. The van der Waals surface area contributed by atoms with Gasteiger partial charge >= 0.3 is 12.1 Å². The fourth-order valence-corrected chi connectivity index (χ4v) is 7.09. The lowest BCUT2D eigenvalue weighted by molar-refractivity contribution is -0.697. The largest absolute Gasteiger partial charge is 1.00 e. The van der Waals surface area contributed by atoms with Crippen molar-refractivity contribution in [2.24, 2.45) is 0 Å². The third-order valence-corrected chi connectivity index (χ3v) is 10.1. The molecule has 0 fully saturated rings. The lowest BCUT2D eigenvalue weighted by atomic mass is 10.0. The summed E-state index contributed by atoms with van der Waals surface area (Å²) in [5.41, 5.74) is 1.77. The van der Waals surface area contributed by atoms with Gasteiger partial charge in [0.25, 0.3) is 0 Å². The van der Waals surface area contributed by atoms with Crippen LogP contribution in [-0.2, 0) is 33.7 Å². The predicted molar refractivity (Wildman–Crippen MR) is 228 cm³/mol. The third kappa shape index (κ3) is 29.6.